The van der Waals surface area contributed by atoms with Gasteiger partial charge in [-0.3, -0.25) is 4.79 Å². The highest BCUT2D eigenvalue weighted by atomic mass is 19.1. The first kappa shape index (κ1) is 22.5. The predicted molar refractivity (Wildman–Crippen MR) is 113 cm³/mol. The normalized spacial score (nSPS) is 16.5. The van der Waals surface area contributed by atoms with Gasteiger partial charge in [0.25, 0.3) is 0 Å². The minimum absolute atomic E-state index is 0.145. The molecule has 0 aliphatic carbocycles. The molecule has 1 N–H and O–H groups in total. The van der Waals surface area contributed by atoms with Crippen LogP contribution >= 0.6 is 0 Å². The van der Waals surface area contributed by atoms with Crippen LogP contribution in [0.4, 0.5) is 9.18 Å². The second kappa shape index (κ2) is 9.76. The summed E-state index contributed by atoms with van der Waals surface area (Å²) < 4.78 is 24.5. The van der Waals surface area contributed by atoms with E-state index >= 15 is 0 Å². The molecule has 8 heteroatoms. The lowest BCUT2D eigenvalue weighted by Crippen LogP contribution is -2.46. The Hall–Kier alpha value is -3.16. The summed E-state index contributed by atoms with van der Waals surface area (Å²) in [5.74, 6) is -0.242. The summed E-state index contributed by atoms with van der Waals surface area (Å²) >= 11 is 0. The van der Waals surface area contributed by atoms with E-state index < -0.39 is 17.5 Å². The van der Waals surface area contributed by atoms with Crippen LogP contribution in [0.1, 0.15) is 39.2 Å². The maximum atomic E-state index is 13.4. The molecule has 0 bridgehead atoms. The van der Waals surface area contributed by atoms with Crippen LogP contribution in [-0.2, 0) is 16.1 Å². The molecule has 1 saturated heterocycles. The average molecular weight is 429 g/mol. The van der Waals surface area contributed by atoms with Crippen molar-refractivity contribution in [1.82, 2.24) is 15.2 Å². The van der Waals surface area contributed by atoms with Crippen molar-refractivity contribution in [2.24, 2.45) is 5.92 Å². The van der Waals surface area contributed by atoms with Gasteiger partial charge in [0.2, 0.25) is 11.8 Å². The fraction of sp³-hybridized carbons (Fsp3) is 0.435. The summed E-state index contributed by atoms with van der Waals surface area (Å²) in [7, 11) is 0. The lowest BCUT2D eigenvalue weighted by atomic mass is 9.97. The Morgan fingerprint density at radius 2 is 2.06 bits per heavy atom. The number of benzene rings is 1. The molecular formula is C23H28FN3O4. The van der Waals surface area contributed by atoms with E-state index in [0.29, 0.717) is 36.7 Å². The molecule has 1 fully saturated rings. The summed E-state index contributed by atoms with van der Waals surface area (Å²) in [5.41, 5.74) is 0.0879. The van der Waals surface area contributed by atoms with Crippen molar-refractivity contribution in [3.63, 3.8) is 0 Å². The molecule has 0 radical (unpaired) electrons. The number of likely N-dealkylation sites (tertiary alicyclic amines) is 1. The van der Waals surface area contributed by atoms with Crippen LogP contribution in [0.15, 0.2) is 42.6 Å². The zero-order valence-corrected chi connectivity index (χ0v) is 18.1. The van der Waals surface area contributed by atoms with Gasteiger partial charge in [0.05, 0.1) is 5.92 Å². The van der Waals surface area contributed by atoms with Gasteiger partial charge in [-0.25, -0.2) is 14.2 Å². The molecule has 7 nitrogen and oxygen atoms in total. The third-order valence-corrected chi connectivity index (χ3v) is 4.76. The molecule has 0 saturated carbocycles. The molecular weight excluding hydrogens is 401 g/mol. The van der Waals surface area contributed by atoms with Gasteiger partial charge in [0.15, 0.2) is 0 Å². The minimum atomic E-state index is -0.579. The van der Waals surface area contributed by atoms with Gasteiger partial charge in [-0.2, -0.15) is 0 Å². The van der Waals surface area contributed by atoms with Crippen molar-refractivity contribution in [1.29, 1.82) is 0 Å². The first-order valence-corrected chi connectivity index (χ1v) is 10.3. The summed E-state index contributed by atoms with van der Waals surface area (Å²) in [6.45, 7) is 6.55. The van der Waals surface area contributed by atoms with Crippen LogP contribution < -0.4 is 10.1 Å². The highest BCUT2D eigenvalue weighted by Gasteiger charge is 2.31. The van der Waals surface area contributed by atoms with Gasteiger partial charge in [0, 0.05) is 37.5 Å². The predicted octanol–water partition coefficient (Wildman–Crippen LogP) is 4.28. The lowest BCUT2D eigenvalue weighted by molar-refractivity contribution is -0.126. The molecule has 3 rings (SSSR count). The third kappa shape index (κ3) is 6.67. The molecule has 1 aliphatic heterocycles. The Bertz CT molecular complexity index is 929. The fourth-order valence-corrected chi connectivity index (χ4v) is 3.30. The van der Waals surface area contributed by atoms with Crippen LogP contribution in [0.5, 0.6) is 11.6 Å². The topological polar surface area (TPSA) is 80.8 Å². The molecule has 31 heavy (non-hydrogen) atoms. The van der Waals surface area contributed by atoms with Gasteiger partial charge >= 0.3 is 6.09 Å². The maximum Gasteiger partial charge on any atom is 0.410 e. The van der Waals surface area contributed by atoms with Crippen LogP contribution in [0.2, 0.25) is 0 Å². The van der Waals surface area contributed by atoms with E-state index in [4.69, 9.17) is 9.47 Å². The zero-order chi connectivity index (χ0) is 22.4. The number of halogens is 1. The van der Waals surface area contributed by atoms with Gasteiger partial charge in [0.1, 0.15) is 17.2 Å². The van der Waals surface area contributed by atoms with E-state index in [-0.39, 0.29) is 18.4 Å². The van der Waals surface area contributed by atoms with Gasteiger partial charge < -0.3 is 19.7 Å². The summed E-state index contributed by atoms with van der Waals surface area (Å²) in [5, 5.41) is 2.90. The van der Waals surface area contributed by atoms with Gasteiger partial charge in [-0.1, -0.05) is 12.1 Å². The number of nitrogens with zero attached hydrogens (tertiary/aromatic N) is 2. The highest BCUT2D eigenvalue weighted by Crippen LogP contribution is 2.24. The van der Waals surface area contributed by atoms with Crippen LogP contribution in [-0.4, -0.2) is 40.6 Å². The number of nitrogens with one attached hydrogen (secondary N) is 1. The fourth-order valence-electron chi connectivity index (χ4n) is 3.30. The zero-order valence-electron chi connectivity index (χ0n) is 18.1. The monoisotopic (exact) mass is 429 g/mol. The molecule has 1 aliphatic rings. The smallest absolute Gasteiger partial charge is 0.410 e. The van der Waals surface area contributed by atoms with Crippen LogP contribution in [0, 0.1) is 11.7 Å². The molecule has 2 aromatic rings. The number of carbonyl (C=O) groups excluding carboxylic acids is 2. The summed E-state index contributed by atoms with van der Waals surface area (Å²) in [6, 6.07) is 9.31. The van der Waals surface area contributed by atoms with E-state index in [1.165, 1.54) is 12.1 Å². The standard InChI is InChI=1S/C23H28FN3O4/c1-23(2,3)31-22(29)27-12-6-8-17(15-27)20(28)26-14-16-7-5-11-25-21(16)30-19-10-4-9-18(24)13-19/h4-5,7,9-11,13,17H,6,8,12,14-15H2,1-3H3,(H,26,28). The van der Waals surface area contributed by atoms with Gasteiger partial charge in [-0.15, -0.1) is 0 Å². The van der Waals surface area contributed by atoms with Crippen LogP contribution in [0.25, 0.3) is 0 Å². The Labute approximate surface area is 181 Å². The number of pyridine rings is 1. The van der Waals surface area contributed by atoms with E-state index in [2.05, 4.69) is 10.3 Å². The minimum Gasteiger partial charge on any atom is -0.444 e. The van der Waals surface area contributed by atoms with Crippen molar-refractivity contribution in [2.75, 3.05) is 13.1 Å². The first-order valence-electron chi connectivity index (χ1n) is 10.3. The number of hydrogen-bond acceptors (Lipinski definition) is 5. The van der Waals surface area contributed by atoms with E-state index in [1.54, 1.807) is 35.4 Å². The SMILES string of the molecule is CC(C)(C)OC(=O)N1CCCC(C(=O)NCc2cccnc2Oc2cccc(F)c2)C1. The van der Waals surface area contributed by atoms with Crippen LogP contribution in [0.3, 0.4) is 0 Å². The second-order valence-electron chi connectivity index (χ2n) is 8.51. The summed E-state index contributed by atoms with van der Waals surface area (Å²) in [4.78, 5) is 30.8. The number of ether oxygens (including phenoxy) is 2. The van der Waals surface area contributed by atoms with Crippen molar-refractivity contribution in [3.8, 4) is 11.6 Å². The highest BCUT2D eigenvalue weighted by molar-refractivity contribution is 5.80. The number of carbonyl (C=O) groups is 2. The lowest BCUT2D eigenvalue weighted by Gasteiger charge is -2.33. The van der Waals surface area contributed by atoms with Crippen molar-refractivity contribution in [3.05, 3.63) is 54.0 Å². The number of rotatable bonds is 5. The maximum absolute atomic E-state index is 13.4. The average Bonchev–Trinajstić information content (AvgIpc) is 2.72. The number of amides is 2. The number of hydrogen-bond donors (Lipinski definition) is 1. The van der Waals surface area contributed by atoms with Gasteiger partial charge in [-0.05, 0) is 51.8 Å². The quantitative estimate of drug-likeness (QED) is 0.768. The molecule has 166 valence electrons. The molecule has 2 heterocycles. The Kier molecular flexibility index (Phi) is 7.09. The molecule has 2 amide bonds. The molecule has 1 atom stereocenters. The molecule has 1 unspecified atom stereocenters. The van der Waals surface area contributed by atoms with Crippen molar-refractivity contribution in [2.45, 2.75) is 45.8 Å². The summed E-state index contributed by atoms with van der Waals surface area (Å²) in [6.07, 6.45) is 2.60. The number of piperidine rings is 1. The molecule has 1 aromatic carbocycles. The van der Waals surface area contributed by atoms with E-state index in [0.717, 1.165) is 6.42 Å². The Balaban J connectivity index is 1.59. The molecule has 1 aromatic heterocycles. The Morgan fingerprint density at radius 1 is 1.26 bits per heavy atom. The first-order chi connectivity index (χ1) is 14.7. The van der Waals surface area contributed by atoms with Crippen molar-refractivity contribution < 1.29 is 23.5 Å². The Morgan fingerprint density at radius 3 is 2.81 bits per heavy atom. The van der Waals surface area contributed by atoms with E-state index in [9.17, 15) is 14.0 Å². The third-order valence-electron chi connectivity index (χ3n) is 4.76. The van der Waals surface area contributed by atoms with Crippen molar-refractivity contribution >= 4 is 12.0 Å². The van der Waals surface area contributed by atoms with E-state index in [1.807, 2.05) is 20.8 Å². The molecule has 0 spiro atoms. The largest absolute Gasteiger partial charge is 0.444 e. The second-order valence-corrected chi connectivity index (χ2v) is 8.51. The number of aromatic nitrogens is 1.